The average molecular weight is 249 g/mol. The van der Waals surface area contributed by atoms with Crippen molar-refractivity contribution >= 4 is 0 Å². The number of alkyl halides is 2. The van der Waals surface area contributed by atoms with E-state index in [0.717, 1.165) is 6.42 Å². The maximum atomic E-state index is 12.2. The Hall–Kier alpha value is -1.08. The summed E-state index contributed by atoms with van der Waals surface area (Å²) in [4.78, 5) is 5.47. The molecule has 1 heterocycles. The summed E-state index contributed by atoms with van der Waals surface area (Å²) in [5.41, 5.74) is 0. The van der Waals surface area contributed by atoms with Gasteiger partial charge in [-0.2, -0.15) is 4.98 Å². The second-order valence-electron chi connectivity index (χ2n) is 3.70. The van der Waals surface area contributed by atoms with Crippen LogP contribution in [-0.2, 0) is 13.0 Å². The number of aryl methyl sites for hydroxylation is 1. The van der Waals surface area contributed by atoms with Crippen molar-refractivity contribution in [3.63, 3.8) is 0 Å². The van der Waals surface area contributed by atoms with Crippen molar-refractivity contribution in [2.75, 3.05) is 19.7 Å². The lowest BCUT2D eigenvalue weighted by atomic mass is 10.3. The van der Waals surface area contributed by atoms with Gasteiger partial charge in [-0.25, -0.2) is 8.78 Å². The number of hydrogen-bond acceptors (Lipinski definition) is 5. The first-order chi connectivity index (χ1) is 8.15. The van der Waals surface area contributed by atoms with Crippen LogP contribution in [0.5, 0.6) is 0 Å². The highest BCUT2D eigenvalue weighted by atomic mass is 19.3. The number of halogens is 2. The Labute approximate surface area is 98.4 Å². The molecule has 0 atom stereocenters. The third kappa shape index (κ3) is 5.18. The van der Waals surface area contributed by atoms with Gasteiger partial charge in [0, 0.05) is 13.0 Å². The van der Waals surface area contributed by atoms with E-state index in [9.17, 15) is 8.78 Å². The summed E-state index contributed by atoms with van der Waals surface area (Å²) >= 11 is 0. The van der Waals surface area contributed by atoms with Crippen LogP contribution in [0.25, 0.3) is 0 Å². The van der Waals surface area contributed by atoms with Crippen LogP contribution in [0.4, 0.5) is 8.78 Å². The van der Waals surface area contributed by atoms with Gasteiger partial charge in [-0.15, -0.1) is 0 Å². The number of aliphatic hydroxyl groups excluding tert-OH is 1. The monoisotopic (exact) mass is 249 g/mol. The zero-order valence-corrected chi connectivity index (χ0v) is 9.77. The smallest absolute Gasteiger partial charge is 0.251 e. The van der Waals surface area contributed by atoms with Crippen LogP contribution in [0.15, 0.2) is 4.52 Å². The summed E-state index contributed by atoms with van der Waals surface area (Å²) in [6, 6.07) is 0. The van der Waals surface area contributed by atoms with Crippen molar-refractivity contribution in [2.24, 2.45) is 0 Å². The summed E-state index contributed by atoms with van der Waals surface area (Å²) in [6.07, 6.45) is -0.839. The highest BCUT2D eigenvalue weighted by Gasteiger charge is 2.15. The van der Waals surface area contributed by atoms with Crippen molar-refractivity contribution < 1.29 is 18.4 Å². The van der Waals surface area contributed by atoms with Crippen LogP contribution in [0.3, 0.4) is 0 Å². The van der Waals surface area contributed by atoms with Gasteiger partial charge >= 0.3 is 0 Å². The Morgan fingerprint density at radius 1 is 1.47 bits per heavy atom. The van der Waals surface area contributed by atoms with Gasteiger partial charge in [0.25, 0.3) is 6.43 Å². The van der Waals surface area contributed by atoms with Gasteiger partial charge in [0.05, 0.1) is 19.7 Å². The van der Waals surface area contributed by atoms with Gasteiger partial charge in [-0.1, -0.05) is 12.1 Å². The quantitative estimate of drug-likeness (QED) is 0.747. The van der Waals surface area contributed by atoms with E-state index < -0.39 is 13.0 Å². The van der Waals surface area contributed by atoms with Crippen LogP contribution in [0.2, 0.25) is 0 Å². The van der Waals surface area contributed by atoms with Crippen LogP contribution < -0.4 is 0 Å². The molecule has 0 amide bonds. The fourth-order valence-corrected chi connectivity index (χ4v) is 1.44. The van der Waals surface area contributed by atoms with E-state index in [1.165, 1.54) is 4.90 Å². The third-order valence-corrected chi connectivity index (χ3v) is 2.16. The van der Waals surface area contributed by atoms with Gasteiger partial charge < -0.3 is 9.63 Å². The lowest BCUT2D eigenvalue weighted by Crippen LogP contribution is -2.31. The molecule has 7 heteroatoms. The molecule has 0 aliphatic carbocycles. The molecule has 0 aromatic carbocycles. The Morgan fingerprint density at radius 3 is 2.82 bits per heavy atom. The first kappa shape index (κ1) is 14.0. The normalized spacial score (nSPS) is 11.6. The van der Waals surface area contributed by atoms with E-state index in [0.29, 0.717) is 18.1 Å². The third-order valence-electron chi connectivity index (χ3n) is 2.16. The standard InChI is InChI=1S/C10H17F2N3O2/c1-2-3-9-13-10(17-14-9)7-15(4-5-16)6-8(11)12/h8,16H,2-7H2,1H3. The SMILES string of the molecule is CCCc1noc(CN(CCO)CC(F)F)n1. The second-order valence-corrected chi connectivity index (χ2v) is 3.70. The topological polar surface area (TPSA) is 62.4 Å². The van der Waals surface area contributed by atoms with Gasteiger partial charge in [0.1, 0.15) is 0 Å². The molecule has 1 aromatic heterocycles. The first-order valence-electron chi connectivity index (χ1n) is 5.58. The van der Waals surface area contributed by atoms with Crippen LogP contribution in [0, 0.1) is 0 Å². The summed E-state index contributed by atoms with van der Waals surface area (Å²) in [6.45, 7) is 1.71. The van der Waals surface area contributed by atoms with Crippen LogP contribution in [-0.4, -0.2) is 46.3 Å². The number of nitrogens with zero attached hydrogens (tertiary/aromatic N) is 3. The largest absolute Gasteiger partial charge is 0.395 e. The number of rotatable bonds is 8. The van der Waals surface area contributed by atoms with E-state index in [-0.39, 0.29) is 19.7 Å². The van der Waals surface area contributed by atoms with E-state index >= 15 is 0 Å². The van der Waals surface area contributed by atoms with E-state index in [4.69, 9.17) is 9.63 Å². The molecule has 17 heavy (non-hydrogen) atoms. The molecule has 1 aromatic rings. The lowest BCUT2D eigenvalue weighted by molar-refractivity contribution is 0.0692. The minimum Gasteiger partial charge on any atom is -0.395 e. The highest BCUT2D eigenvalue weighted by Crippen LogP contribution is 2.06. The Kier molecular flexibility index (Phi) is 5.99. The molecular formula is C10H17F2N3O2. The minimum absolute atomic E-state index is 0.140. The van der Waals surface area contributed by atoms with Gasteiger partial charge in [-0.05, 0) is 6.42 Å². The zero-order valence-electron chi connectivity index (χ0n) is 9.77. The lowest BCUT2D eigenvalue weighted by Gasteiger charge is -2.18. The molecular weight excluding hydrogens is 232 g/mol. The molecule has 1 N–H and O–H groups in total. The average Bonchev–Trinajstić information content (AvgIpc) is 2.65. The fraction of sp³-hybridized carbons (Fsp3) is 0.800. The Balaban J connectivity index is 2.52. The summed E-state index contributed by atoms with van der Waals surface area (Å²) in [5.74, 6) is 0.894. The first-order valence-corrected chi connectivity index (χ1v) is 5.58. The molecule has 0 saturated carbocycles. The highest BCUT2D eigenvalue weighted by molar-refractivity contribution is 4.86. The molecule has 0 bridgehead atoms. The Bertz CT molecular complexity index is 320. The molecule has 0 aliphatic heterocycles. The van der Waals surface area contributed by atoms with Crippen molar-refractivity contribution in [2.45, 2.75) is 32.7 Å². The van der Waals surface area contributed by atoms with Crippen LogP contribution in [0.1, 0.15) is 25.1 Å². The predicted octanol–water partition coefficient (Wildman–Crippen LogP) is 1.08. The molecule has 0 fully saturated rings. The van der Waals surface area contributed by atoms with Crippen molar-refractivity contribution in [3.05, 3.63) is 11.7 Å². The van der Waals surface area contributed by atoms with Crippen molar-refractivity contribution in [1.82, 2.24) is 15.0 Å². The summed E-state index contributed by atoms with van der Waals surface area (Å²) in [5, 5.41) is 12.5. The second kappa shape index (κ2) is 7.29. The minimum atomic E-state index is -2.44. The van der Waals surface area contributed by atoms with Crippen molar-refractivity contribution in [3.8, 4) is 0 Å². The molecule has 0 radical (unpaired) electrons. The Morgan fingerprint density at radius 2 is 2.24 bits per heavy atom. The number of aliphatic hydroxyl groups is 1. The summed E-state index contributed by atoms with van der Waals surface area (Å²) in [7, 11) is 0. The molecule has 98 valence electrons. The molecule has 1 rings (SSSR count). The molecule has 0 spiro atoms. The van der Waals surface area contributed by atoms with E-state index in [1.54, 1.807) is 0 Å². The van der Waals surface area contributed by atoms with Gasteiger partial charge in [0.15, 0.2) is 5.82 Å². The predicted molar refractivity (Wildman–Crippen MR) is 56.7 cm³/mol. The molecule has 0 saturated heterocycles. The van der Waals surface area contributed by atoms with E-state index in [1.807, 2.05) is 6.92 Å². The maximum absolute atomic E-state index is 12.2. The van der Waals surface area contributed by atoms with Gasteiger partial charge in [-0.3, -0.25) is 4.90 Å². The van der Waals surface area contributed by atoms with Crippen LogP contribution >= 0.6 is 0 Å². The molecule has 5 nitrogen and oxygen atoms in total. The number of hydrogen-bond donors (Lipinski definition) is 1. The van der Waals surface area contributed by atoms with E-state index in [2.05, 4.69) is 10.1 Å². The fourth-order valence-electron chi connectivity index (χ4n) is 1.44. The molecule has 0 aliphatic rings. The molecule has 0 unspecified atom stereocenters. The maximum Gasteiger partial charge on any atom is 0.251 e. The summed E-state index contributed by atoms with van der Waals surface area (Å²) < 4.78 is 29.4. The zero-order chi connectivity index (χ0) is 12.7. The van der Waals surface area contributed by atoms with Gasteiger partial charge in [0.2, 0.25) is 5.89 Å². The van der Waals surface area contributed by atoms with Crippen molar-refractivity contribution in [1.29, 1.82) is 0 Å². The number of aromatic nitrogens is 2.